The van der Waals surface area contributed by atoms with Gasteiger partial charge in [-0.15, -0.1) is 5.10 Å². The number of aliphatic hydroxyl groups excluding tert-OH is 1. The van der Waals surface area contributed by atoms with Crippen molar-refractivity contribution in [2.75, 3.05) is 6.61 Å². The fourth-order valence-corrected chi connectivity index (χ4v) is 2.26. The van der Waals surface area contributed by atoms with Crippen LogP contribution in [0.1, 0.15) is 46.0 Å². The summed E-state index contributed by atoms with van der Waals surface area (Å²) in [5.74, 6) is -0.665. The second kappa shape index (κ2) is 8.07. The Labute approximate surface area is 134 Å². The molecule has 0 saturated carbocycles. The van der Waals surface area contributed by atoms with E-state index in [9.17, 15) is 14.7 Å². The van der Waals surface area contributed by atoms with Crippen molar-refractivity contribution in [2.24, 2.45) is 5.10 Å². The smallest absolute Gasteiger partial charge is 0.334 e. The number of cyclic esters (lactones) is 1. The third-order valence-corrected chi connectivity index (χ3v) is 3.55. The van der Waals surface area contributed by atoms with Crippen molar-refractivity contribution in [3.05, 3.63) is 11.6 Å². The molecule has 0 spiro atoms. The molecule has 2 atom stereocenters. The van der Waals surface area contributed by atoms with Gasteiger partial charge >= 0.3 is 5.97 Å². The molecule has 2 aliphatic heterocycles. The van der Waals surface area contributed by atoms with Gasteiger partial charge in [-0.05, 0) is 18.9 Å². The second-order valence-electron chi connectivity index (χ2n) is 5.41. The minimum absolute atomic E-state index is 0.0499. The summed E-state index contributed by atoms with van der Waals surface area (Å²) in [6.45, 7) is 3.80. The average molecular weight is 326 g/mol. The molecule has 2 rings (SSSR count). The van der Waals surface area contributed by atoms with E-state index < -0.39 is 24.3 Å². The Morgan fingerprint density at radius 2 is 2.30 bits per heavy atom. The van der Waals surface area contributed by atoms with Crippen LogP contribution < -0.4 is 0 Å². The van der Waals surface area contributed by atoms with Gasteiger partial charge in [-0.1, -0.05) is 24.9 Å². The number of nitrogens with zero attached hydrogens (tertiary/aromatic N) is 2. The molecule has 2 unspecified atom stereocenters. The fraction of sp³-hybridized carbons (Fsp3) is 0.667. The lowest BCUT2D eigenvalue weighted by Crippen LogP contribution is -2.36. The molecule has 0 aromatic rings. The van der Waals surface area contributed by atoms with Gasteiger partial charge in [-0.3, -0.25) is 4.79 Å². The van der Waals surface area contributed by atoms with Crippen LogP contribution in [0.3, 0.4) is 0 Å². The molecular weight excluding hydrogens is 304 g/mol. The first-order valence-electron chi connectivity index (χ1n) is 7.77. The number of esters is 1. The number of unbranched alkanes of at least 4 members (excludes halogenated alkanes) is 1. The maximum absolute atomic E-state index is 12.3. The number of hydrogen-bond donors (Lipinski definition) is 1. The number of rotatable bonds is 6. The highest BCUT2D eigenvalue weighted by Gasteiger charge is 2.31. The number of carbonyl (C=O) groups is 2. The molecule has 128 valence electrons. The van der Waals surface area contributed by atoms with Gasteiger partial charge in [-0.25, -0.2) is 9.63 Å². The van der Waals surface area contributed by atoms with Crippen molar-refractivity contribution in [3.63, 3.8) is 0 Å². The molecule has 0 radical (unpaired) electrons. The maximum Gasteiger partial charge on any atom is 0.334 e. The molecule has 8 heteroatoms. The lowest BCUT2D eigenvalue weighted by Gasteiger charge is -2.22. The highest BCUT2D eigenvalue weighted by Crippen LogP contribution is 2.19. The third-order valence-electron chi connectivity index (χ3n) is 3.55. The maximum atomic E-state index is 12.3. The molecule has 1 amide bonds. The highest BCUT2D eigenvalue weighted by atomic mass is 16.8. The van der Waals surface area contributed by atoms with Crippen LogP contribution in [0.25, 0.3) is 0 Å². The lowest BCUT2D eigenvalue weighted by molar-refractivity contribution is -0.238. The number of carbonyl (C=O) groups excluding carboxylic acids is 2. The molecule has 0 aliphatic carbocycles. The van der Waals surface area contributed by atoms with Crippen LogP contribution in [0.5, 0.6) is 0 Å². The molecule has 0 aromatic heterocycles. The van der Waals surface area contributed by atoms with Crippen molar-refractivity contribution < 1.29 is 29.0 Å². The molecule has 8 nitrogen and oxygen atoms in total. The molecule has 0 aromatic carbocycles. The van der Waals surface area contributed by atoms with Crippen LogP contribution in [0, 0.1) is 0 Å². The Balaban J connectivity index is 1.96. The topological polar surface area (TPSA) is 97.7 Å². The van der Waals surface area contributed by atoms with Gasteiger partial charge in [0.1, 0.15) is 12.7 Å². The van der Waals surface area contributed by atoms with Crippen LogP contribution >= 0.6 is 0 Å². The number of hydroxylamine groups is 1. The summed E-state index contributed by atoms with van der Waals surface area (Å²) in [7, 11) is 0. The van der Waals surface area contributed by atoms with Gasteiger partial charge in [0.25, 0.3) is 5.91 Å². The van der Waals surface area contributed by atoms with E-state index in [4.69, 9.17) is 14.3 Å². The van der Waals surface area contributed by atoms with Crippen LogP contribution in [-0.4, -0.2) is 47.1 Å². The summed E-state index contributed by atoms with van der Waals surface area (Å²) in [6.07, 6.45) is 2.42. The van der Waals surface area contributed by atoms with E-state index in [-0.39, 0.29) is 25.3 Å². The molecule has 0 saturated heterocycles. The summed E-state index contributed by atoms with van der Waals surface area (Å²) < 4.78 is 9.98. The second-order valence-corrected chi connectivity index (χ2v) is 5.41. The molecule has 0 bridgehead atoms. The van der Waals surface area contributed by atoms with Crippen molar-refractivity contribution in [1.29, 1.82) is 0 Å². The predicted molar refractivity (Wildman–Crippen MR) is 79.7 cm³/mol. The normalized spacial score (nSPS) is 24.5. The van der Waals surface area contributed by atoms with Gasteiger partial charge in [0.15, 0.2) is 0 Å². The lowest BCUT2D eigenvalue weighted by atomic mass is 10.1. The van der Waals surface area contributed by atoms with E-state index in [0.29, 0.717) is 12.0 Å². The van der Waals surface area contributed by atoms with Crippen LogP contribution in [-0.2, 0) is 23.9 Å². The fourth-order valence-electron chi connectivity index (χ4n) is 2.26. The number of amides is 1. The standard InChI is InChI=1S/C15H22N2O6/c1-3-4-5-12-15(20)22-10(2)16-17(23-12)13(18)7-6-11-8-9-21-14(11)19/h8,12,15,20H,3-7,9H2,1-2H3. The molecule has 2 aliphatic rings. The number of hydrogen-bond acceptors (Lipinski definition) is 7. The van der Waals surface area contributed by atoms with E-state index in [1.807, 2.05) is 6.92 Å². The van der Waals surface area contributed by atoms with Gasteiger partial charge < -0.3 is 14.6 Å². The van der Waals surface area contributed by atoms with Gasteiger partial charge in [0, 0.05) is 18.9 Å². The van der Waals surface area contributed by atoms with Crippen LogP contribution in [0.4, 0.5) is 0 Å². The largest absolute Gasteiger partial charge is 0.458 e. The molecule has 0 fully saturated rings. The quantitative estimate of drug-likeness (QED) is 0.738. The Morgan fingerprint density at radius 1 is 1.52 bits per heavy atom. The number of ether oxygens (including phenoxy) is 2. The van der Waals surface area contributed by atoms with Gasteiger partial charge in [0.2, 0.25) is 12.2 Å². The van der Waals surface area contributed by atoms with Crippen molar-refractivity contribution in [2.45, 2.75) is 58.3 Å². The predicted octanol–water partition coefficient (Wildman–Crippen LogP) is 1.25. The minimum atomic E-state index is -1.17. The van der Waals surface area contributed by atoms with Crippen molar-refractivity contribution in [3.8, 4) is 0 Å². The highest BCUT2D eigenvalue weighted by molar-refractivity contribution is 5.91. The first kappa shape index (κ1) is 17.4. The summed E-state index contributed by atoms with van der Waals surface area (Å²) >= 11 is 0. The van der Waals surface area contributed by atoms with E-state index in [0.717, 1.165) is 18.0 Å². The zero-order valence-electron chi connectivity index (χ0n) is 13.4. The van der Waals surface area contributed by atoms with E-state index in [1.54, 1.807) is 6.08 Å². The first-order chi connectivity index (χ1) is 11.0. The average Bonchev–Trinajstić information content (AvgIpc) is 2.85. The van der Waals surface area contributed by atoms with E-state index >= 15 is 0 Å². The number of hydrazone groups is 1. The molecule has 2 heterocycles. The summed E-state index contributed by atoms with van der Waals surface area (Å²) in [5, 5.41) is 14.7. The minimum Gasteiger partial charge on any atom is -0.458 e. The summed E-state index contributed by atoms with van der Waals surface area (Å²) in [4.78, 5) is 29.1. The Morgan fingerprint density at radius 3 is 2.96 bits per heavy atom. The SMILES string of the molecule is CCCCC1ON(C(=O)CCC2=CCOC2=O)N=C(C)OC1O. The monoisotopic (exact) mass is 326 g/mol. The van der Waals surface area contributed by atoms with Crippen molar-refractivity contribution in [1.82, 2.24) is 5.17 Å². The third kappa shape index (κ3) is 4.77. The molecule has 1 N–H and O–H groups in total. The Kier molecular flexibility index (Phi) is 6.12. The van der Waals surface area contributed by atoms with Gasteiger partial charge in [-0.2, -0.15) is 0 Å². The first-order valence-corrected chi connectivity index (χ1v) is 7.77. The Hall–Kier alpha value is -1.93. The zero-order valence-corrected chi connectivity index (χ0v) is 13.4. The zero-order chi connectivity index (χ0) is 16.8. The van der Waals surface area contributed by atoms with E-state index in [2.05, 4.69) is 5.10 Å². The van der Waals surface area contributed by atoms with Crippen LogP contribution in [0.2, 0.25) is 0 Å². The molecule has 23 heavy (non-hydrogen) atoms. The summed E-state index contributed by atoms with van der Waals surface area (Å²) in [6, 6.07) is 0. The summed E-state index contributed by atoms with van der Waals surface area (Å²) in [5.41, 5.74) is 0.479. The van der Waals surface area contributed by atoms with E-state index in [1.165, 1.54) is 6.92 Å². The Bertz CT molecular complexity index is 516. The van der Waals surface area contributed by atoms with Crippen molar-refractivity contribution >= 4 is 17.8 Å². The number of aliphatic hydroxyl groups is 1. The van der Waals surface area contributed by atoms with Crippen LogP contribution in [0.15, 0.2) is 16.8 Å². The molecular formula is C15H22N2O6. The van der Waals surface area contributed by atoms with Gasteiger partial charge in [0.05, 0.1) is 0 Å².